The first-order valence-corrected chi connectivity index (χ1v) is 13.1. The van der Waals surface area contributed by atoms with Gasteiger partial charge in [-0.3, -0.25) is 4.79 Å². The summed E-state index contributed by atoms with van der Waals surface area (Å²) in [5, 5.41) is 1.02. The number of nitrogens with zero attached hydrogens (tertiary/aromatic N) is 3. The summed E-state index contributed by atoms with van der Waals surface area (Å²) in [5.41, 5.74) is 5.50. The van der Waals surface area contributed by atoms with Crippen molar-refractivity contribution < 1.29 is 4.79 Å². The van der Waals surface area contributed by atoms with Crippen molar-refractivity contribution in [2.75, 3.05) is 0 Å². The standard InChI is InChI=1S/C28H29Cl2N5O/c1-4-5-23(36)35-17(3)16(2)14-22(35)28-33-25(27(30)34-28)21-12-8-19(9-13-21)18-6-10-20(11-7-18)24-26(29)32-15-31-24/h6-13,15-17,22H,4-5,14H2,1-3H3,(H,31,32)(H,33,34)/t16-,17+,22+/m1/s1. The van der Waals surface area contributed by atoms with E-state index in [1.807, 2.05) is 36.1 Å². The number of aromatic amines is 2. The molecule has 0 saturated carbocycles. The van der Waals surface area contributed by atoms with Crippen LogP contribution in [0.3, 0.4) is 0 Å². The second-order valence-corrected chi connectivity index (χ2v) is 10.3. The van der Waals surface area contributed by atoms with Crippen LogP contribution in [0.2, 0.25) is 10.3 Å². The summed E-state index contributed by atoms with van der Waals surface area (Å²) < 4.78 is 0. The van der Waals surface area contributed by atoms with Gasteiger partial charge in [0.1, 0.15) is 27.5 Å². The first-order valence-electron chi connectivity index (χ1n) is 12.3. The number of halogens is 2. The van der Waals surface area contributed by atoms with Crippen molar-refractivity contribution in [3.05, 3.63) is 71.0 Å². The van der Waals surface area contributed by atoms with Crippen molar-refractivity contribution in [2.45, 2.75) is 52.1 Å². The van der Waals surface area contributed by atoms with Gasteiger partial charge in [0.2, 0.25) is 5.91 Å². The summed E-state index contributed by atoms with van der Waals surface area (Å²) in [7, 11) is 0. The summed E-state index contributed by atoms with van der Waals surface area (Å²) in [6.45, 7) is 6.35. The number of H-pyrrole nitrogens is 2. The van der Waals surface area contributed by atoms with Gasteiger partial charge < -0.3 is 14.9 Å². The van der Waals surface area contributed by atoms with Crippen LogP contribution in [0.4, 0.5) is 0 Å². The van der Waals surface area contributed by atoms with Crippen molar-refractivity contribution in [1.82, 2.24) is 24.8 Å². The smallest absolute Gasteiger partial charge is 0.223 e. The number of aromatic nitrogens is 4. The van der Waals surface area contributed by atoms with E-state index in [0.29, 0.717) is 28.3 Å². The number of likely N-dealkylation sites (tertiary alicyclic amines) is 1. The summed E-state index contributed by atoms with van der Waals surface area (Å²) in [6, 6.07) is 16.4. The fourth-order valence-corrected chi connectivity index (χ4v) is 5.50. The summed E-state index contributed by atoms with van der Waals surface area (Å²) in [4.78, 5) is 30.2. The molecule has 0 unspecified atom stereocenters. The Labute approximate surface area is 221 Å². The number of hydrogen-bond donors (Lipinski definition) is 2. The molecule has 3 atom stereocenters. The molecule has 1 aliphatic rings. The Morgan fingerprint density at radius 1 is 0.944 bits per heavy atom. The number of nitrogens with one attached hydrogen (secondary N) is 2. The highest BCUT2D eigenvalue weighted by molar-refractivity contribution is 6.32. The predicted octanol–water partition coefficient (Wildman–Crippen LogP) is 7.54. The molecule has 3 heterocycles. The number of imidazole rings is 2. The molecule has 2 aromatic heterocycles. The number of hydrogen-bond acceptors (Lipinski definition) is 3. The Kier molecular flexibility index (Phi) is 6.91. The van der Waals surface area contributed by atoms with Crippen molar-refractivity contribution in [3.8, 4) is 33.6 Å². The van der Waals surface area contributed by atoms with E-state index in [0.717, 1.165) is 46.6 Å². The molecule has 6 nitrogen and oxygen atoms in total. The van der Waals surface area contributed by atoms with Gasteiger partial charge in [0.05, 0.1) is 12.4 Å². The van der Waals surface area contributed by atoms with Crippen LogP contribution in [-0.4, -0.2) is 36.8 Å². The van der Waals surface area contributed by atoms with Crippen LogP contribution in [-0.2, 0) is 4.79 Å². The highest BCUT2D eigenvalue weighted by Crippen LogP contribution is 2.41. The minimum Gasteiger partial charge on any atom is -0.335 e. The monoisotopic (exact) mass is 521 g/mol. The van der Waals surface area contributed by atoms with Crippen LogP contribution in [0.15, 0.2) is 54.9 Å². The van der Waals surface area contributed by atoms with Gasteiger partial charge in [-0.2, -0.15) is 0 Å². The minimum absolute atomic E-state index is 0.0823. The third-order valence-electron chi connectivity index (χ3n) is 7.18. The molecule has 2 aromatic carbocycles. The van der Waals surface area contributed by atoms with Crippen LogP contribution >= 0.6 is 23.2 Å². The van der Waals surface area contributed by atoms with Crippen LogP contribution in [0.25, 0.3) is 33.6 Å². The molecule has 4 aromatic rings. The topological polar surface area (TPSA) is 77.7 Å². The highest BCUT2D eigenvalue weighted by atomic mass is 35.5. The molecular formula is C28H29Cl2N5O. The molecule has 1 fully saturated rings. The number of amides is 1. The Balaban J connectivity index is 1.38. The van der Waals surface area contributed by atoms with Crippen molar-refractivity contribution in [3.63, 3.8) is 0 Å². The Bertz CT molecular complexity index is 1360. The van der Waals surface area contributed by atoms with Gasteiger partial charge in [-0.15, -0.1) is 0 Å². The van der Waals surface area contributed by atoms with Gasteiger partial charge in [0.25, 0.3) is 0 Å². The minimum atomic E-state index is -0.0823. The zero-order chi connectivity index (χ0) is 25.4. The zero-order valence-electron chi connectivity index (χ0n) is 20.6. The second-order valence-electron chi connectivity index (χ2n) is 9.52. The van der Waals surface area contributed by atoms with E-state index in [9.17, 15) is 4.79 Å². The van der Waals surface area contributed by atoms with Crippen LogP contribution in [0, 0.1) is 5.92 Å². The van der Waals surface area contributed by atoms with E-state index in [1.165, 1.54) is 0 Å². The molecule has 1 amide bonds. The molecule has 5 rings (SSSR count). The summed E-state index contributed by atoms with van der Waals surface area (Å²) in [5.74, 6) is 1.34. The Morgan fingerprint density at radius 2 is 1.53 bits per heavy atom. The molecule has 2 N–H and O–H groups in total. The number of carbonyl (C=O) groups is 1. The Morgan fingerprint density at radius 3 is 2.08 bits per heavy atom. The summed E-state index contributed by atoms with van der Waals surface area (Å²) in [6.07, 6.45) is 3.84. The second kappa shape index (κ2) is 10.1. The lowest BCUT2D eigenvalue weighted by atomic mass is 10.0. The number of carbonyl (C=O) groups excluding carboxylic acids is 1. The highest BCUT2D eigenvalue weighted by Gasteiger charge is 2.41. The average molecular weight is 522 g/mol. The molecular weight excluding hydrogens is 493 g/mol. The molecule has 0 aliphatic carbocycles. The number of rotatable bonds is 6. The van der Waals surface area contributed by atoms with E-state index in [-0.39, 0.29) is 18.0 Å². The van der Waals surface area contributed by atoms with Gasteiger partial charge in [0, 0.05) is 23.6 Å². The quantitative estimate of drug-likeness (QED) is 0.275. The largest absolute Gasteiger partial charge is 0.335 e. The first kappa shape index (κ1) is 24.6. The SMILES string of the molecule is CCCC(=O)N1[C@H](c2nc(-c3ccc(-c4ccc(-c5nc[nH]c5Cl)cc4)cc3)c(Cl)[nH]2)C[C@@H](C)[C@@H]1C. The van der Waals surface area contributed by atoms with Gasteiger partial charge >= 0.3 is 0 Å². The number of benzene rings is 2. The maximum absolute atomic E-state index is 12.9. The van der Waals surface area contributed by atoms with E-state index < -0.39 is 0 Å². The normalized spacial score (nSPS) is 19.7. The molecule has 8 heteroatoms. The zero-order valence-corrected chi connectivity index (χ0v) is 22.1. The van der Waals surface area contributed by atoms with Gasteiger partial charge in [-0.05, 0) is 36.8 Å². The van der Waals surface area contributed by atoms with Crippen LogP contribution in [0.1, 0.15) is 51.9 Å². The Hall–Kier alpha value is -3.09. The average Bonchev–Trinajstić information content (AvgIpc) is 3.56. The lowest BCUT2D eigenvalue weighted by Crippen LogP contribution is -2.37. The molecule has 1 saturated heterocycles. The fraction of sp³-hybridized carbons (Fsp3) is 0.321. The summed E-state index contributed by atoms with van der Waals surface area (Å²) >= 11 is 12.8. The van der Waals surface area contributed by atoms with E-state index in [2.05, 4.69) is 53.1 Å². The maximum Gasteiger partial charge on any atom is 0.223 e. The molecule has 36 heavy (non-hydrogen) atoms. The molecule has 1 aliphatic heterocycles. The van der Waals surface area contributed by atoms with Gasteiger partial charge in [-0.1, -0.05) is 85.6 Å². The van der Waals surface area contributed by atoms with Gasteiger partial charge in [-0.25, -0.2) is 9.97 Å². The van der Waals surface area contributed by atoms with Crippen LogP contribution in [0.5, 0.6) is 0 Å². The fourth-order valence-electron chi connectivity index (χ4n) is 5.05. The molecule has 186 valence electrons. The molecule has 0 spiro atoms. The predicted molar refractivity (Wildman–Crippen MR) is 145 cm³/mol. The van der Waals surface area contributed by atoms with Gasteiger partial charge in [0.15, 0.2) is 0 Å². The van der Waals surface area contributed by atoms with Crippen molar-refractivity contribution in [2.24, 2.45) is 5.92 Å². The lowest BCUT2D eigenvalue weighted by Gasteiger charge is -2.28. The van der Waals surface area contributed by atoms with E-state index >= 15 is 0 Å². The van der Waals surface area contributed by atoms with E-state index in [1.54, 1.807) is 6.33 Å². The van der Waals surface area contributed by atoms with Crippen molar-refractivity contribution >= 4 is 29.1 Å². The van der Waals surface area contributed by atoms with Crippen molar-refractivity contribution in [1.29, 1.82) is 0 Å². The first-order chi connectivity index (χ1) is 17.4. The third kappa shape index (κ3) is 4.56. The molecule has 0 bridgehead atoms. The third-order valence-corrected chi connectivity index (χ3v) is 7.74. The van der Waals surface area contributed by atoms with E-state index in [4.69, 9.17) is 28.2 Å². The lowest BCUT2D eigenvalue weighted by molar-refractivity contribution is -0.134. The molecule has 0 radical (unpaired) electrons. The van der Waals surface area contributed by atoms with Crippen LogP contribution < -0.4 is 0 Å². The maximum atomic E-state index is 12.9.